The van der Waals surface area contributed by atoms with E-state index in [1.165, 1.54) is 12.1 Å². The van der Waals surface area contributed by atoms with Crippen molar-refractivity contribution in [2.75, 3.05) is 0 Å². The standard InChI is InChI=1S/C15H14FNO2/c1-10-9-12(7-8-15(18)19)11(2)17(10)14-6-4-3-5-13(14)16/h3-9H,1-2H3,(H,18,19)/b8-7+. The van der Waals surface area contributed by atoms with E-state index in [9.17, 15) is 9.18 Å². The maximum Gasteiger partial charge on any atom is 0.328 e. The first kappa shape index (κ1) is 13.1. The average molecular weight is 259 g/mol. The number of para-hydroxylation sites is 1. The zero-order valence-electron chi connectivity index (χ0n) is 10.7. The third-order valence-corrected chi connectivity index (χ3v) is 2.97. The summed E-state index contributed by atoms with van der Waals surface area (Å²) in [6.45, 7) is 3.69. The van der Waals surface area contributed by atoms with E-state index in [0.29, 0.717) is 5.69 Å². The van der Waals surface area contributed by atoms with E-state index < -0.39 is 5.97 Å². The van der Waals surface area contributed by atoms with Gasteiger partial charge in [0.05, 0.1) is 5.69 Å². The summed E-state index contributed by atoms with van der Waals surface area (Å²) in [5, 5.41) is 8.65. The molecule has 1 heterocycles. The molecule has 1 aromatic heterocycles. The summed E-state index contributed by atoms with van der Waals surface area (Å²) in [4.78, 5) is 10.5. The van der Waals surface area contributed by atoms with Crippen molar-refractivity contribution in [3.05, 3.63) is 59.2 Å². The maximum atomic E-state index is 13.8. The highest BCUT2D eigenvalue weighted by Gasteiger charge is 2.11. The molecule has 0 spiro atoms. The summed E-state index contributed by atoms with van der Waals surface area (Å²) < 4.78 is 15.6. The van der Waals surface area contributed by atoms with E-state index in [1.807, 2.05) is 19.9 Å². The van der Waals surface area contributed by atoms with Gasteiger partial charge in [0.15, 0.2) is 0 Å². The summed E-state index contributed by atoms with van der Waals surface area (Å²) in [7, 11) is 0. The number of hydrogen-bond donors (Lipinski definition) is 1. The fraction of sp³-hybridized carbons (Fsp3) is 0.133. The van der Waals surface area contributed by atoms with Crippen LogP contribution in [0.15, 0.2) is 36.4 Å². The van der Waals surface area contributed by atoms with E-state index in [0.717, 1.165) is 23.0 Å². The summed E-state index contributed by atoms with van der Waals surface area (Å²) in [6.07, 6.45) is 2.59. The molecule has 0 bridgehead atoms. The second kappa shape index (κ2) is 5.10. The predicted molar refractivity (Wildman–Crippen MR) is 71.9 cm³/mol. The van der Waals surface area contributed by atoms with Gasteiger partial charge in [-0.3, -0.25) is 0 Å². The SMILES string of the molecule is Cc1cc(/C=C/C(=O)O)c(C)n1-c1ccccc1F. The molecule has 2 rings (SSSR count). The molecule has 0 saturated heterocycles. The van der Waals surface area contributed by atoms with Crippen molar-refractivity contribution in [2.45, 2.75) is 13.8 Å². The van der Waals surface area contributed by atoms with Crippen LogP contribution < -0.4 is 0 Å². The zero-order chi connectivity index (χ0) is 14.0. The number of carbonyl (C=O) groups is 1. The van der Waals surface area contributed by atoms with Crippen LogP contribution in [0.5, 0.6) is 0 Å². The maximum absolute atomic E-state index is 13.8. The monoisotopic (exact) mass is 259 g/mol. The lowest BCUT2D eigenvalue weighted by Crippen LogP contribution is -2.01. The number of aryl methyl sites for hydroxylation is 1. The Morgan fingerprint density at radius 3 is 2.63 bits per heavy atom. The Kier molecular flexibility index (Phi) is 3.51. The molecule has 4 heteroatoms. The van der Waals surface area contributed by atoms with Crippen LogP contribution in [-0.2, 0) is 4.79 Å². The molecule has 0 aliphatic rings. The van der Waals surface area contributed by atoms with Crippen LogP contribution in [0.25, 0.3) is 11.8 Å². The highest BCUT2D eigenvalue weighted by Crippen LogP contribution is 2.23. The highest BCUT2D eigenvalue weighted by atomic mass is 19.1. The topological polar surface area (TPSA) is 42.2 Å². The molecule has 19 heavy (non-hydrogen) atoms. The minimum atomic E-state index is -1.00. The van der Waals surface area contributed by atoms with Gasteiger partial charge in [0.1, 0.15) is 5.82 Å². The first-order valence-electron chi connectivity index (χ1n) is 5.85. The van der Waals surface area contributed by atoms with Crippen molar-refractivity contribution >= 4 is 12.0 Å². The van der Waals surface area contributed by atoms with Gasteiger partial charge in [0, 0.05) is 17.5 Å². The lowest BCUT2D eigenvalue weighted by Gasteiger charge is -2.10. The fourth-order valence-corrected chi connectivity index (χ4v) is 2.12. The van der Waals surface area contributed by atoms with Gasteiger partial charge in [-0.1, -0.05) is 12.1 Å². The number of aromatic nitrogens is 1. The van der Waals surface area contributed by atoms with E-state index in [-0.39, 0.29) is 5.82 Å². The lowest BCUT2D eigenvalue weighted by molar-refractivity contribution is -0.131. The van der Waals surface area contributed by atoms with Gasteiger partial charge < -0.3 is 9.67 Å². The Morgan fingerprint density at radius 2 is 2.00 bits per heavy atom. The molecule has 1 aromatic carbocycles. The quantitative estimate of drug-likeness (QED) is 0.859. The molecule has 0 aliphatic carbocycles. The summed E-state index contributed by atoms with van der Waals surface area (Å²) in [6, 6.07) is 8.34. The predicted octanol–water partition coefficient (Wildman–Crippen LogP) is 3.33. The van der Waals surface area contributed by atoms with Gasteiger partial charge >= 0.3 is 5.97 Å². The number of aliphatic carboxylic acids is 1. The van der Waals surface area contributed by atoms with Crippen LogP contribution in [0.1, 0.15) is 17.0 Å². The molecule has 1 N–H and O–H groups in total. The van der Waals surface area contributed by atoms with E-state index >= 15 is 0 Å². The molecule has 0 unspecified atom stereocenters. The Morgan fingerprint density at radius 1 is 1.32 bits per heavy atom. The van der Waals surface area contributed by atoms with Crippen LogP contribution in [-0.4, -0.2) is 15.6 Å². The first-order valence-corrected chi connectivity index (χ1v) is 5.85. The lowest BCUT2D eigenvalue weighted by atomic mass is 10.2. The van der Waals surface area contributed by atoms with Gasteiger partial charge in [0.25, 0.3) is 0 Å². The third-order valence-electron chi connectivity index (χ3n) is 2.97. The Hall–Kier alpha value is -2.36. The molecule has 0 radical (unpaired) electrons. The number of carboxylic acids is 1. The van der Waals surface area contributed by atoms with Crippen molar-refractivity contribution in [3.63, 3.8) is 0 Å². The smallest absolute Gasteiger partial charge is 0.328 e. The molecule has 3 nitrogen and oxygen atoms in total. The van der Waals surface area contributed by atoms with Crippen LogP contribution >= 0.6 is 0 Å². The van der Waals surface area contributed by atoms with Crippen molar-refractivity contribution in [1.82, 2.24) is 4.57 Å². The molecule has 0 atom stereocenters. The van der Waals surface area contributed by atoms with Crippen molar-refractivity contribution in [1.29, 1.82) is 0 Å². The highest BCUT2D eigenvalue weighted by molar-refractivity contribution is 5.85. The zero-order valence-corrected chi connectivity index (χ0v) is 10.7. The van der Waals surface area contributed by atoms with Gasteiger partial charge in [-0.05, 0) is 43.7 Å². The number of rotatable bonds is 3. The Bertz CT molecular complexity index is 656. The minimum absolute atomic E-state index is 0.307. The van der Waals surface area contributed by atoms with Crippen LogP contribution in [0.4, 0.5) is 4.39 Å². The van der Waals surface area contributed by atoms with Crippen molar-refractivity contribution in [2.24, 2.45) is 0 Å². The second-order valence-electron chi connectivity index (χ2n) is 4.28. The van der Waals surface area contributed by atoms with Crippen LogP contribution in [0.3, 0.4) is 0 Å². The van der Waals surface area contributed by atoms with Crippen LogP contribution in [0, 0.1) is 19.7 Å². The molecule has 0 aliphatic heterocycles. The molecular weight excluding hydrogens is 245 g/mol. The summed E-state index contributed by atoms with van der Waals surface area (Å²) >= 11 is 0. The molecule has 0 amide bonds. The van der Waals surface area contributed by atoms with Gasteiger partial charge in [0.2, 0.25) is 0 Å². The largest absolute Gasteiger partial charge is 0.478 e. The summed E-state index contributed by atoms with van der Waals surface area (Å²) in [5.74, 6) is -1.31. The first-order chi connectivity index (χ1) is 9.00. The molecule has 2 aromatic rings. The Balaban J connectivity index is 2.54. The van der Waals surface area contributed by atoms with Gasteiger partial charge in [-0.2, -0.15) is 0 Å². The van der Waals surface area contributed by atoms with Crippen LogP contribution in [0.2, 0.25) is 0 Å². The molecule has 0 saturated carbocycles. The van der Waals surface area contributed by atoms with Gasteiger partial charge in [-0.15, -0.1) is 0 Å². The van der Waals surface area contributed by atoms with Gasteiger partial charge in [-0.25, -0.2) is 9.18 Å². The van der Waals surface area contributed by atoms with E-state index in [1.54, 1.807) is 22.8 Å². The Labute approximate surface area is 110 Å². The normalized spacial score (nSPS) is 11.1. The van der Waals surface area contributed by atoms with Crippen molar-refractivity contribution < 1.29 is 14.3 Å². The minimum Gasteiger partial charge on any atom is -0.478 e. The number of nitrogens with zero attached hydrogens (tertiary/aromatic N) is 1. The summed E-state index contributed by atoms with van der Waals surface area (Å²) in [5.41, 5.74) is 2.89. The van der Waals surface area contributed by atoms with Crippen molar-refractivity contribution in [3.8, 4) is 5.69 Å². The molecule has 0 fully saturated rings. The third kappa shape index (κ3) is 2.57. The number of hydrogen-bond acceptors (Lipinski definition) is 1. The second-order valence-corrected chi connectivity index (χ2v) is 4.28. The average Bonchev–Trinajstić information content (AvgIpc) is 2.63. The fourth-order valence-electron chi connectivity index (χ4n) is 2.12. The number of halogens is 1. The van der Waals surface area contributed by atoms with E-state index in [4.69, 9.17) is 5.11 Å². The number of carboxylic acid groups (broad SMARTS) is 1. The molecular formula is C15H14FNO2. The molecule has 98 valence electrons. The number of benzene rings is 1. The van der Waals surface area contributed by atoms with E-state index in [2.05, 4.69) is 0 Å².